The van der Waals surface area contributed by atoms with E-state index in [4.69, 9.17) is 0 Å². The fourth-order valence-electron chi connectivity index (χ4n) is 1.87. The summed E-state index contributed by atoms with van der Waals surface area (Å²) in [6.45, 7) is 2.76. The van der Waals surface area contributed by atoms with E-state index in [0.29, 0.717) is 12.1 Å². The van der Waals surface area contributed by atoms with Crippen LogP contribution in [0.5, 0.6) is 0 Å². The van der Waals surface area contributed by atoms with Crippen molar-refractivity contribution in [3.05, 3.63) is 59.4 Å². The average Bonchev–Trinajstić information content (AvgIpc) is 2.83. The molecule has 0 spiro atoms. The SMILES string of the molecule is Cc1ccc(CNc2nc3c(F)cccc3s2)cc1. The zero-order valence-electron chi connectivity index (χ0n) is 10.5. The van der Waals surface area contributed by atoms with Crippen LogP contribution in [0.1, 0.15) is 11.1 Å². The standard InChI is InChI=1S/C15H13FN2S/c1-10-5-7-11(8-6-10)9-17-15-18-14-12(16)3-2-4-13(14)19-15/h2-8H,9H2,1H3,(H,17,18). The molecule has 0 radical (unpaired) electrons. The van der Waals surface area contributed by atoms with Crippen LogP contribution in [0.15, 0.2) is 42.5 Å². The van der Waals surface area contributed by atoms with Gasteiger partial charge in [0.25, 0.3) is 0 Å². The fraction of sp³-hybridized carbons (Fsp3) is 0.133. The minimum atomic E-state index is -0.267. The molecule has 0 amide bonds. The Hall–Kier alpha value is -1.94. The largest absolute Gasteiger partial charge is 0.357 e. The number of thiazole rings is 1. The number of aromatic nitrogens is 1. The van der Waals surface area contributed by atoms with Gasteiger partial charge in [0.15, 0.2) is 5.13 Å². The Labute approximate surface area is 114 Å². The number of benzene rings is 2. The first kappa shape index (κ1) is 12.1. The van der Waals surface area contributed by atoms with Gasteiger partial charge in [-0.05, 0) is 24.6 Å². The molecule has 4 heteroatoms. The highest BCUT2D eigenvalue weighted by Crippen LogP contribution is 2.27. The Morgan fingerprint density at radius 1 is 1.16 bits per heavy atom. The molecule has 3 aromatic rings. The number of halogens is 1. The molecular formula is C15H13FN2S. The van der Waals surface area contributed by atoms with Gasteiger partial charge in [-0.3, -0.25) is 0 Å². The van der Waals surface area contributed by atoms with Crippen molar-refractivity contribution >= 4 is 26.7 Å². The van der Waals surface area contributed by atoms with E-state index in [1.165, 1.54) is 28.5 Å². The predicted molar refractivity (Wildman–Crippen MR) is 78.1 cm³/mol. The number of fused-ring (bicyclic) bond motifs is 1. The van der Waals surface area contributed by atoms with E-state index in [-0.39, 0.29) is 5.82 Å². The molecule has 1 N–H and O–H groups in total. The van der Waals surface area contributed by atoms with Crippen LogP contribution in [0.2, 0.25) is 0 Å². The molecule has 0 bridgehead atoms. The molecule has 0 atom stereocenters. The van der Waals surface area contributed by atoms with Gasteiger partial charge in [-0.1, -0.05) is 47.2 Å². The van der Waals surface area contributed by atoms with Gasteiger partial charge in [0.05, 0.1) is 4.70 Å². The molecule has 0 aliphatic rings. The molecule has 0 aliphatic heterocycles. The lowest BCUT2D eigenvalue weighted by atomic mass is 10.1. The summed E-state index contributed by atoms with van der Waals surface area (Å²) in [5.41, 5.74) is 2.87. The Kier molecular flexibility index (Phi) is 3.17. The van der Waals surface area contributed by atoms with Crippen LogP contribution in [0, 0.1) is 12.7 Å². The highest BCUT2D eigenvalue weighted by atomic mass is 32.1. The van der Waals surface area contributed by atoms with Crippen molar-refractivity contribution in [3.8, 4) is 0 Å². The van der Waals surface area contributed by atoms with Crippen LogP contribution in [0.4, 0.5) is 9.52 Å². The highest BCUT2D eigenvalue weighted by molar-refractivity contribution is 7.22. The summed E-state index contributed by atoms with van der Waals surface area (Å²) in [4.78, 5) is 4.28. The number of hydrogen-bond donors (Lipinski definition) is 1. The van der Waals surface area contributed by atoms with E-state index in [9.17, 15) is 4.39 Å². The van der Waals surface area contributed by atoms with Crippen molar-refractivity contribution in [2.75, 3.05) is 5.32 Å². The maximum atomic E-state index is 13.5. The van der Waals surface area contributed by atoms with Crippen LogP contribution in [0.25, 0.3) is 10.2 Å². The van der Waals surface area contributed by atoms with E-state index >= 15 is 0 Å². The maximum absolute atomic E-state index is 13.5. The van der Waals surface area contributed by atoms with E-state index in [1.807, 2.05) is 6.07 Å². The number of nitrogens with zero attached hydrogens (tertiary/aromatic N) is 1. The number of anilines is 1. The third kappa shape index (κ3) is 2.58. The molecule has 96 valence electrons. The third-order valence-electron chi connectivity index (χ3n) is 2.93. The van der Waals surface area contributed by atoms with E-state index < -0.39 is 0 Å². The van der Waals surface area contributed by atoms with Gasteiger partial charge in [-0.25, -0.2) is 9.37 Å². The summed E-state index contributed by atoms with van der Waals surface area (Å²) < 4.78 is 14.4. The van der Waals surface area contributed by atoms with E-state index in [0.717, 1.165) is 9.83 Å². The molecule has 3 rings (SSSR count). The fourth-order valence-corrected chi connectivity index (χ4v) is 2.75. The van der Waals surface area contributed by atoms with Crippen molar-refractivity contribution in [2.24, 2.45) is 0 Å². The van der Waals surface area contributed by atoms with Crippen molar-refractivity contribution in [3.63, 3.8) is 0 Å². The smallest absolute Gasteiger partial charge is 0.184 e. The molecule has 2 aromatic carbocycles. The van der Waals surface area contributed by atoms with E-state index in [1.54, 1.807) is 6.07 Å². The van der Waals surface area contributed by atoms with Crippen molar-refractivity contribution in [2.45, 2.75) is 13.5 Å². The zero-order valence-corrected chi connectivity index (χ0v) is 11.3. The summed E-state index contributed by atoms with van der Waals surface area (Å²) in [6.07, 6.45) is 0. The summed E-state index contributed by atoms with van der Waals surface area (Å²) in [5, 5.41) is 3.99. The second-order valence-corrected chi connectivity index (χ2v) is 5.48. The summed E-state index contributed by atoms with van der Waals surface area (Å²) in [5.74, 6) is -0.267. The summed E-state index contributed by atoms with van der Waals surface area (Å²) >= 11 is 1.47. The Balaban J connectivity index is 1.78. The second-order valence-electron chi connectivity index (χ2n) is 4.44. The molecular weight excluding hydrogens is 259 g/mol. The van der Waals surface area contributed by atoms with Crippen LogP contribution < -0.4 is 5.32 Å². The van der Waals surface area contributed by atoms with Crippen molar-refractivity contribution in [1.29, 1.82) is 0 Å². The van der Waals surface area contributed by atoms with Crippen LogP contribution in [-0.2, 0) is 6.54 Å². The first-order valence-electron chi connectivity index (χ1n) is 6.07. The number of aryl methyl sites for hydroxylation is 1. The van der Waals surface area contributed by atoms with Crippen LogP contribution in [0.3, 0.4) is 0 Å². The Morgan fingerprint density at radius 2 is 1.95 bits per heavy atom. The highest BCUT2D eigenvalue weighted by Gasteiger charge is 2.07. The van der Waals surface area contributed by atoms with Gasteiger partial charge in [0, 0.05) is 6.54 Å². The van der Waals surface area contributed by atoms with Crippen molar-refractivity contribution < 1.29 is 4.39 Å². The van der Waals surface area contributed by atoms with Crippen LogP contribution >= 0.6 is 11.3 Å². The molecule has 2 nitrogen and oxygen atoms in total. The van der Waals surface area contributed by atoms with Crippen LogP contribution in [-0.4, -0.2) is 4.98 Å². The molecule has 1 aromatic heterocycles. The zero-order chi connectivity index (χ0) is 13.2. The molecule has 1 heterocycles. The molecule has 0 aliphatic carbocycles. The predicted octanol–water partition coefficient (Wildman–Crippen LogP) is 4.36. The quantitative estimate of drug-likeness (QED) is 0.766. The molecule has 19 heavy (non-hydrogen) atoms. The minimum absolute atomic E-state index is 0.267. The topological polar surface area (TPSA) is 24.9 Å². The Morgan fingerprint density at radius 3 is 2.68 bits per heavy atom. The summed E-state index contributed by atoms with van der Waals surface area (Å²) in [6, 6.07) is 13.3. The first-order chi connectivity index (χ1) is 9.22. The van der Waals surface area contributed by atoms with Gasteiger partial charge >= 0.3 is 0 Å². The monoisotopic (exact) mass is 272 g/mol. The Bertz CT molecular complexity index is 704. The average molecular weight is 272 g/mol. The number of hydrogen-bond acceptors (Lipinski definition) is 3. The minimum Gasteiger partial charge on any atom is -0.357 e. The third-order valence-corrected chi connectivity index (χ3v) is 3.91. The maximum Gasteiger partial charge on any atom is 0.184 e. The molecule has 0 unspecified atom stereocenters. The molecule has 0 saturated carbocycles. The number of nitrogens with one attached hydrogen (secondary N) is 1. The summed E-state index contributed by atoms with van der Waals surface area (Å²) in [7, 11) is 0. The number of para-hydroxylation sites is 1. The first-order valence-corrected chi connectivity index (χ1v) is 6.88. The van der Waals surface area contributed by atoms with Gasteiger partial charge in [-0.15, -0.1) is 0 Å². The molecule has 0 fully saturated rings. The van der Waals surface area contributed by atoms with Crippen molar-refractivity contribution in [1.82, 2.24) is 4.98 Å². The second kappa shape index (κ2) is 4.97. The lowest BCUT2D eigenvalue weighted by Crippen LogP contribution is -1.98. The van der Waals surface area contributed by atoms with Gasteiger partial charge < -0.3 is 5.32 Å². The van der Waals surface area contributed by atoms with Gasteiger partial charge in [0.2, 0.25) is 0 Å². The normalized spacial score (nSPS) is 10.8. The molecule has 0 saturated heterocycles. The lowest BCUT2D eigenvalue weighted by molar-refractivity contribution is 0.637. The number of rotatable bonds is 3. The lowest BCUT2D eigenvalue weighted by Gasteiger charge is -2.02. The van der Waals surface area contributed by atoms with Gasteiger partial charge in [0.1, 0.15) is 11.3 Å². The van der Waals surface area contributed by atoms with E-state index in [2.05, 4.69) is 41.5 Å². The van der Waals surface area contributed by atoms with Gasteiger partial charge in [-0.2, -0.15) is 0 Å².